The maximum Gasteiger partial charge on any atom is 0.309 e. The van der Waals surface area contributed by atoms with E-state index in [9.17, 15) is 22.4 Å². The van der Waals surface area contributed by atoms with Gasteiger partial charge in [0, 0.05) is 0 Å². The molecule has 0 spiro atoms. The summed E-state index contributed by atoms with van der Waals surface area (Å²) in [5.74, 6) is -2.82. The lowest BCUT2D eigenvalue weighted by Crippen LogP contribution is -2.32. The average Bonchev–Trinajstić information content (AvgIpc) is 3.06. The molecule has 2 aromatic carbocycles. The highest BCUT2D eigenvalue weighted by molar-refractivity contribution is 5.72. The molecule has 0 aliphatic heterocycles. The minimum absolute atomic E-state index is 0.0262. The molecule has 0 aromatic heterocycles. The van der Waals surface area contributed by atoms with Gasteiger partial charge in [0.25, 0.3) is 0 Å². The zero-order chi connectivity index (χ0) is 31.9. The first-order chi connectivity index (χ1) is 21.8. The normalized spacial score (nSPS) is 27.2. The molecule has 2 aromatic rings. The van der Waals surface area contributed by atoms with Gasteiger partial charge in [0.2, 0.25) is 11.6 Å². The third-order valence-electron chi connectivity index (χ3n) is 10.6. The summed E-state index contributed by atoms with van der Waals surface area (Å²) in [7, 11) is 0. The summed E-state index contributed by atoms with van der Waals surface area (Å²) in [5.41, 5.74) is 0.827. The van der Waals surface area contributed by atoms with Crippen molar-refractivity contribution >= 4 is 5.97 Å². The van der Waals surface area contributed by atoms with Gasteiger partial charge in [0.1, 0.15) is 6.10 Å². The predicted molar refractivity (Wildman–Crippen MR) is 166 cm³/mol. The van der Waals surface area contributed by atoms with Crippen LogP contribution in [-0.4, -0.2) is 25.3 Å². The van der Waals surface area contributed by atoms with Gasteiger partial charge >= 0.3 is 5.97 Å². The van der Waals surface area contributed by atoms with Gasteiger partial charge in [-0.05, 0) is 137 Å². The van der Waals surface area contributed by atoms with E-state index in [0.717, 1.165) is 64.2 Å². The van der Waals surface area contributed by atoms with Gasteiger partial charge in [0.15, 0.2) is 23.1 Å². The van der Waals surface area contributed by atoms with E-state index < -0.39 is 23.3 Å². The number of rotatable bonds is 11. The van der Waals surface area contributed by atoms with Crippen LogP contribution in [0.25, 0.3) is 0 Å². The van der Waals surface area contributed by atoms with Gasteiger partial charge in [0.05, 0.1) is 19.1 Å². The third kappa shape index (κ3) is 7.97. The molecule has 3 saturated carbocycles. The van der Waals surface area contributed by atoms with Crippen molar-refractivity contribution in [1.29, 1.82) is 0 Å². The Hall–Kier alpha value is -2.77. The Morgan fingerprint density at radius 2 is 1.13 bits per heavy atom. The molecule has 248 valence electrons. The molecule has 0 saturated heterocycles. The quantitative estimate of drug-likeness (QED) is 0.141. The van der Waals surface area contributed by atoms with Crippen molar-refractivity contribution in [2.45, 2.75) is 122 Å². The van der Waals surface area contributed by atoms with E-state index in [2.05, 4.69) is 0 Å². The van der Waals surface area contributed by atoms with Crippen LogP contribution in [0.15, 0.2) is 24.3 Å². The SMILES string of the molecule is CCCCOc1ccc(C2CCC(C(=O)OC3CCC(C4CCC(c5ccc(OCC)c(F)c5F)CC4)CC3)CC2)c(F)c1F. The topological polar surface area (TPSA) is 44.8 Å². The smallest absolute Gasteiger partial charge is 0.309 e. The van der Waals surface area contributed by atoms with Crippen LogP contribution in [0.2, 0.25) is 0 Å². The molecule has 0 atom stereocenters. The Kier molecular flexibility index (Phi) is 11.7. The van der Waals surface area contributed by atoms with Gasteiger partial charge in [-0.1, -0.05) is 25.5 Å². The van der Waals surface area contributed by atoms with Crippen LogP contribution in [0.4, 0.5) is 17.6 Å². The minimum Gasteiger partial charge on any atom is -0.491 e. The summed E-state index contributed by atoms with van der Waals surface area (Å²) in [6.45, 7) is 4.41. The fourth-order valence-corrected chi connectivity index (χ4v) is 7.91. The van der Waals surface area contributed by atoms with Gasteiger partial charge in [-0.15, -0.1) is 0 Å². The molecule has 45 heavy (non-hydrogen) atoms. The van der Waals surface area contributed by atoms with E-state index in [-0.39, 0.29) is 41.3 Å². The number of halogens is 4. The molecule has 0 amide bonds. The van der Waals surface area contributed by atoms with Crippen molar-refractivity contribution in [2.75, 3.05) is 13.2 Å². The molecule has 3 aliphatic rings. The van der Waals surface area contributed by atoms with E-state index in [1.165, 1.54) is 6.07 Å². The van der Waals surface area contributed by atoms with E-state index >= 15 is 0 Å². The van der Waals surface area contributed by atoms with Gasteiger partial charge in [-0.2, -0.15) is 8.78 Å². The number of benzene rings is 2. The largest absolute Gasteiger partial charge is 0.491 e. The Balaban J connectivity index is 1.03. The molecule has 3 fully saturated rings. The fraction of sp³-hybridized carbons (Fsp3) is 0.649. The monoisotopic (exact) mass is 632 g/mol. The molecule has 0 unspecified atom stereocenters. The van der Waals surface area contributed by atoms with E-state index in [1.54, 1.807) is 25.1 Å². The first-order valence-electron chi connectivity index (χ1n) is 17.2. The number of hydrogen-bond donors (Lipinski definition) is 0. The highest BCUT2D eigenvalue weighted by Crippen LogP contribution is 2.45. The summed E-state index contributed by atoms with van der Waals surface area (Å²) in [4.78, 5) is 13.0. The first kappa shape index (κ1) is 33.6. The second-order valence-corrected chi connectivity index (χ2v) is 13.3. The minimum atomic E-state index is -0.925. The van der Waals surface area contributed by atoms with Crippen LogP contribution in [0, 0.1) is 41.0 Å². The maximum absolute atomic E-state index is 14.9. The molecule has 4 nitrogen and oxygen atoms in total. The molecule has 8 heteroatoms. The molecule has 0 heterocycles. The van der Waals surface area contributed by atoms with E-state index in [1.807, 2.05) is 6.92 Å². The van der Waals surface area contributed by atoms with E-state index in [0.29, 0.717) is 61.9 Å². The third-order valence-corrected chi connectivity index (χ3v) is 10.6. The molecule has 0 bridgehead atoms. The zero-order valence-corrected chi connectivity index (χ0v) is 26.7. The number of hydrogen-bond acceptors (Lipinski definition) is 4. The summed E-state index contributed by atoms with van der Waals surface area (Å²) in [5, 5.41) is 0. The van der Waals surface area contributed by atoms with Crippen molar-refractivity contribution in [3.8, 4) is 11.5 Å². The van der Waals surface area contributed by atoms with Crippen LogP contribution in [-0.2, 0) is 9.53 Å². The lowest BCUT2D eigenvalue weighted by atomic mass is 9.69. The van der Waals surface area contributed by atoms with Gasteiger partial charge < -0.3 is 14.2 Å². The molecule has 5 rings (SSSR count). The highest BCUT2D eigenvalue weighted by atomic mass is 19.2. The molecule has 0 N–H and O–H groups in total. The Bertz CT molecular complexity index is 1280. The maximum atomic E-state index is 14.9. The number of esters is 1. The van der Waals surface area contributed by atoms with Crippen molar-refractivity contribution < 1.29 is 36.6 Å². The van der Waals surface area contributed by atoms with Crippen LogP contribution in [0.1, 0.15) is 127 Å². The van der Waals surface area contributed by atoms with E-state index in [4.69, 9.17) is 14.2 Å². The standard InChI is InChI=1S/C37H48F4O4/c1-3-5-22-44-32-21-19-30(34(39)36(32)41)26-10-12-27(13-11-26)37(42)45-28-16-14-24(15-17-28)23-6-8-25(9-7-23)29-18-20-31(43-4-2)35(40)33(29)38/h18-21,23-28H,3-17,22H2,1-2H3. The summed E-state index contributed by atoms with van der Waals surface area (Å²) in [6, 6.07) is 6.38. The first-order valence-corrected chi connectivity index (χ1v) is 17.2. The molecule has 3 aliphatic carbocycles. The molecular weight excluding hydrogens is 584 g/mol. The van der Waals surface area contributed by atoms with Gasteiger partial charge in [-0.25, -0.2) is 8.78 Å². The summed E-state index contributed by atoms with van der Waals surface area (Å²) >= 11 is 0. The molecular formula is C37H48F4O4. The van der Waals surface area contributed by atoms with Crippen LogP contribution in [0.5, 0.6) is 11.5 Å². The predicted octanol–water partition coefficient (Wildman–Crippen LogP) is 10.2. The molecule has 0 radical (unpaired) electrons. The van der Waals surface area contributed by atoms with Crippen molar-refractivity contribution in [3.63, 3.8) is 0 Å². The van der Waals surface area contributed by atoms with Crippen molar-refractivity contribution in [2.24, 2.45) is 17.8 Å². The number of unbranched alkanes of at least 4 members (excludes halogenated alkanes) is 1. The lowest BCUT2D eigenvalue weighted by molar-refractivity contribution is -0.157. The van der Waals surface area contributed by atoms with Crippen LogP contribution in [0.3, 0.4) is 0 Å². The fourth-order valence-electron chi connectivity index (χ4n) is 7.91. The summed E-state index contributed by atoms with van der Waals surface area (Å²) in [6.07, 6.45) is 11.5. The Labute approximate surface area is 265 Å². The zero-order valence-electron chi connectivity index (χ0n) is 26.7. The second kappa shape index (κ2) is 15.7. The number of carbonyl (C=O) groups excluding carboxylic acids is 1. The summed E-state index contributed by atoms with van der Waals surface area (Å²) < 4.78 is 75.2. The van der Waals surface area contributed by atoms with Crippen LogP contribution >= 0.6 is 0 Å². The van der Waals surface area contributed by atoms with Gasteiger partial charge in [-0.3, -0.25) is 4.79 Å². The Morgan fingerprint density at radius 1 is 0.644 bits per heavy atom. The van der Waals surface area contributed by atoms with Crippen molar-refractivity contribution in [3.05, 3.63) is 58.7 Å². The highest BCUT2D eigenvalue weighted by Gasteiger charge is 2.36. The van der Waals surface area contributed by atoms with Crippen LogP contribution < -0.4 is 9.47 Å². The lowest BCUT2D eigenvalue weighted by Gasteiger charge is -2.38. The number of carbonyl (C=O) groups is 1. The average molecular weight is 633 g/mol. The number of ether oxygens (including phenoxy) is 3. The second-order valence-electron chi connectivity index (χ2n) is 13.3. The Morgan fingerprint density at radius 3 is 1.64 bits per heavy atom. The van der Waals surface area contributed by atoms with Crippen molar-refractivity contribution in [1.82, 2.24) is 0 Å².